The van der Waals surface area contributed by atoms with Crippen LogP contribution in [-0.2, 0) is 0 Å². The summed E-state index contributed by atoms with van der Waals surface area (Å²) in [6.45, 7) is 8.73. The van der Waals surface area contributed by atoms with Gasteiger partial charge in [0.1, 0.15) is 0 Å². The van der Waals surface area contributed by atoms with E-state index in [4.69, 9.17) is 0 Å². The molecule has 3 fully saturated rings. The summed E-state index contributed by atoms with van der Waals surface area (Å²) < 4.78 is 0. The zero-order chi connectivity index (χ0) is 11.8. The highest BCUT2D eigenvalue weighted by atomic mass is 15.2. The van der Waals surface area contributed by atoms with E-state index in [0.29, 0.717) is 0 Å². The van der Waals surface area contributed by atoms with E-state index in [1.165, 1.54) is 51.7 Å². The molecular weight excluding hydrogens is 208 g/mol. The monoisotopic (exact) mass is 236 g/mol. The molecule has 2 saturated carbocycles. The molecule has 0 spiro atoms. The molecule has 0 radical (unpaired) electrons. The van der Waals surface area contributed by atoms with E-state index in [-0.39, 0.29) is 0 Å². The van der Waals surface area contributed by atoms with Gasteiger partial charge in [0.25, 0.3) is 0 Å². The average molecular weight is 236 g/mol. The fourth-order valence-corrected chi connectivity index (χ4v) is 3.80. The summed E-state index contributed by atoms with van der Waals surface area (Å²) in [4.78, 5) is 2.81. The van der Waals surface area contributed by atoms with Crippen LogP contribution in [0.2, 0.25) is 0 Å². The summed E-state index contributed by atoms with van der Waals surface area (Å²) in [6, 6.07) is 1.71. The minimum absolute atomic E-state index is 0.818. The van der Waals surface area contributed by atoms with Crippen LogP contribution in [0.15, 0.2) is 0 Å². The third-order valence-electron chi connectivity index (χ3n) is 5.51. The Morgan fingerprint density at radius 2 is 1.82 bits per heavy atom. The van der Waals surface area contributed by atoms with E-state index < -0.39 is 0 Å². The van der Waals surface area contributed by atoms with Crippen LogP contribution in [0.1, 0.15) is 46.0 Å². The molecule has 1 heterocycles. The second kappa shape index (κ2) is 4.89. The van der Waals surface area contributed by atoms with Crippen molar-refractivity contribution in [3.05, 3.63) is 0 Å². The normalized spacial score (nSPS) is 44.8. The van der Waals surface area contributed by atoms with Gasteiger partial charge in [0.05, 0.1) is 0 Å². The third kappa shape index (κ3) is 2.68. The molecule has 1 aliphatic heterocycles. The molecule has 3 aliphatic rings. The van der Waals surface area contributed by atoms with Gasteiger partial charge < -0.3 is 5.32 Å². The molecule has 0 aromatic carbocycles. The highest BCUT2D eigenvalue weighted by molar-refractivity contribution is 4.94. The molecule has 0 aromatic rings. The van der Waals surface area contributed by atoms with Crippen LogP contribution in [0.25, 0.3) is 0 Å². The molecule has 0 bridgehead atoms. The first-order chi connectivity index (χ1) is 8.24. The summed E-state index contributed by atoms with van der Waals surface area (Å²) in [7, 11) is 0. The van der Waals surface area contributed by atoms with Crippen molar-refractivity contribution in [2.75, 3.05) is 19.6 Å². The first-order valence-electron chi connectivity index (χ1n) is 7.71. The average Bonchev–Trinajstić information content (AvgIpc) is 3.17. The molecule has 98 valence electrons. The maximum absolute atomic E-state index is 3.73. The lowest BCUT2D eigenvalue weighted by Crippen LogP contribution is -2.55. The summed E-state index contributed by atoms with van der Waals surface area (Å²) in [5.74, 6) is 2.90. The Bertz CT molecular complexity index is 262. The summed E-state index contributed by atoms with van der Waals surface area (Å²) >= 11 is 0. The van der Waals surface area contributed by atoms with Crippen molar-refractivity contribution in [1.29, 1.82) is 0 Å². The number of rotatable bonds is 2. The Kier molecular flexibility index (Phi) is 3.45. The molecular formula is C15H28N2. The van der Waals surface area contributed by atoms with E-state index in [0.717, 1.165) is 29.8 Å². The summed E-state index contributed by atoms with van der Waals surface area (Å²) in [6.07, 6.45) is 7.29. The molecule has 0 amide bonds. The Morgan fingerprint density at radius 1 is 1.00 bits per heavy atom. The Balaban J connectivity index is 1.56. The van der Waals surface area contributed by atoms with Crippen molar-refractivity contribution in [3.63, 3.8) is 0 Å². The smallest absolute Gasteiger partial charge is 0.0223 e. The topological polar surface area (TPSA) is 15.3 Å². The van der Waals surface area contributed by atoms with Crippen molar-refractivity contribution < 1.29 is 0 Å². The van der Waals surface area contributed by atoms with Gasteiger partial charge in [0.15, 0.2) is 0 Å². The van der Waals surface area contributed by atoms with E-state index >= 15 is 0 Å². The van der Waals surface area contributed by atoms with Crippen molar-refractivity contribution in [1.82, 2.24) is 10.2 Å². The Labute approximate surface area is 106 Å². The van der Waals surface area contributed by atoms with Gasteiger partial charge in [-0.1, -0.05) is 13.8 Å². The third-order valence-corrected chi connectivity index (χ3v) is 5.51. The first-order valence-corrected chi connectivity index (χ1v) is 7.71. The van der Waals surface area contributed by atoms with Gasteiger partial charge in [-0.3, -0.25) is 4.90 Å². The Hall–Kier alpha value is -0.0800. The lowest BCUT2D eigenvalue weighted by atomic mass is 9.78. The maximum atomic E-state index is 3.73. The number of hydrogen-bond acceptors (Lipinski definition) is 2. The lowest BCUT2D eigenvalue weighted by molar-refractivity contribution is 0.0780. The van der Waals surface area contributed by atoms with Crippen LogP contribution >= 0.6 is 0 Å². The highest BCUT2D eigenvalue weighted by Crippen LogP contribution is 2.36. The summed E-state index contributed by atoms with van der Waals surface area (Å²) in [5.41, 5.74) is 0. The first kappa shape index (κ1) is 12.0. The zero-order valence-electron chi connectivity index (χ0n) is 11.5. The van der Waals surface area contributed by atoms with Gasteiger partial charge in [-0.2, -0.15) is 0 Å². The van der Waals surface area contributed by atoms with E-state index in [1.807, 2.05) is 0 Å². The van der Waals surface area contributed by atoms with Crippen molar-refractivity contribution >= 4 is 0 Å². The predicted molar refractivity (Wildman–Crippen MR) is 72.1 cm³/mol. The molecule has 4 atom stereocenters. The number of nitrogens with one attached hydrogen (secondary N) is 1. The highest BCUT2D eigenvalue weighted by Gasteiger charge is 2.37. The van der Waals surface area contributed by atoms with E-state index in [1.54, 1.807) is 0 Å². The van der Waals surface area contributed by atoms with Crippen LogP contribution in [0.5, 0.6) is 0 Å². The van der Waals surface area contributed by atoms with E-state index in [2.05, 4.69) is 24.1 Å². The SMILES string of the molecule is CC1CCC(N2CCNC(C3CC3)C2)CC1C. The summed E-state index contributed by atoms with van der Waals surface area (Å²) in [5, 5.41) is 3.73. The van der Waals surface area contributed by atoms with Crippen LogP contribution in [0.3, 0.4) is 0 Å². The fraction of sp³-hybridized carbons (Fsp3) is 1.00. The largest absolute Gasteiger partial charge is 0.311 e. The van der Waals surface area contributed by atoms with E-state index in [9.17, 15) is 0 Å². The Morgan fingerprint density at radius 3 is 2.53 bits per heavy atom. The van der Waals surface area contributed by atoms with Crippen molar-refractivity contribution in [3.8, 4) is 0 Å². The van der Waals surface area contributed by atoms with Crippen LogP contribution in [0.4, 0.5) is 0 Å². The second-order valence-corrected chi connectivity index (χ2v) is 6.81. The molecule has 1 N–H and O–H groups in total. The number of nitrogens with zero attached hydrogens (tertiary/aromatic N) is 1. The molecule has 1 saturated heterocycles. The molecule has 4 unspecified atom stereocenters. The molecule has 2 heteroatoms. The molecule has 2 nitrogen and oxygen atoms in total. The van der Waals surface area contributed by atoms with Crippen LogP contribution in [-0.4, -0.2) is 36.6 Å². The van der Waals surface area contributed by atoms with Crippen molar-refractivity contribution in [2.24, 2.45) is 17.8 Å². The molecule has 2 aliphatic carbocycles. The fourth-order valence-electron chi connectivity index (χ4n) is 3.80. The van der Waals surface area contributed by atoms with Gasteiger partial charge >= 0.3 is 0 Å². The minimum Gasteiger partial charge on any atom is -0.311 e. The second-order valence-electron chi connectivity index (χ2n) is 6.81. The molecule has 3 rings (SSSR count). The van der Waals surface area contributed by atoms with Gasteiger partial charge in [-0.25, -0.2) is 0 Å². The van der Waals surface area contributed by atoms with Gasteiger partial charge in [0, 0.05) is 31.7 Å². The number of piperazine rings is 1. The van der Waals surface area contributed by atoms with Crippen molar-refractivity contribution in [2.45, 2.75) is 58.0 Å². The van der Waals surface area contributed by atoms with Crippen LogP contribution in [0, 0.1) is 17.8 Å². The standard InChI is InChI=1S/C15H28N2/c1-11-3-6-14(9-12(11)2)17-8-7-16-15(10-17)13-4-5-13/h11-16H,3-10H2,1-2H3. The quantitative estimate of drug-likeness (QED) is 0.792. The maximum Gasteiger partial charge on any atom is 0.0223 e. The predicted octanol–water partition coefficient (Wildman–Crippen LogP) is 2.49. The van der Waals surface area contributed by atoms with Gasteiger partial charge in [-0.05, 0) is 49.9 Å². The zero-order valence-corrected chi connectivity index (χ0v) is 11.5. The lowest BCUT2D eigenvalue weighted by Gasteiger charge is -2.43. The van der Waals surface area contributed by atoms with Gasteiger partial charge in [-0.15, -0.1) is 0 Å². The minimum atomic E-state index is 0.818. The van der Waals surface area contributed by atoms with Gasteiger partial charge in [0.2, 0.25) is 0 Å². The van der Waals surface area contributed by atoms with Crippen LogP contribution < -0.4 is 5.32 Å². The molecule has 17 heavy (non-hydrogen) atoms. The molecule has 0 aromatic heterocycles. The number of hydrogen-bond donors (Lipinski definition) is 1.